The third-order valence-corrected chi connectivity index (χ3v) is 5.69. The van der Waals surface area contributed by atoms with Gasteiger partial charge in [-0.25, -0.2) is 0 Å². The third-order valence-electron chi connectivity index (χ3n) is 3.75. The first-order valence-corrected chi connectivity index (χ1v) is 11.0. The summed E-state index contributed by atoms with van der Waals surface area (Å²) in [5.41, 5.74) is 0.778. The van der Waals surface area contributed by atoms with Gasteiger partial charge in [0.15, 0.2) is 11.0 Å². The molecule has 0 aliphatic heterocycles. The fourth-order valence-corrected chi connectivity index (χ4v) is 3.70. The molecular formula is C19H18ClIN4O2S. The second kappa shape index (κ2) is 10.1. The van der Waals surface area contributed by atoms with Crippen LogP contribution in [0.2, 0.25) is 5.02 Å². The van der Waals surface area contributed by atoms with E-state index in [4.69, 9.17) is 16.3 Å². The maximum Gasteiger partial charge on any atom is 0.234 e. The molecule has 0 aliphatic carbocycles. The molecule has 0 unspecified atom stereocenters. The molecule has 0 saturated heterocycles. The lowest BCUT2D eigenvalue weighted by Crippen LogP contribution is -2.15. The van der Waals surface area contributed by atoms with E-state index in [0.717, 1.165) is 9.26 Å². The number of carbonyl (C=O) groups is 1. The number of anilines is 1. The largest absolute Gasteiger partial charge is 0.486 e. The Bertz CT molecular complexity index is 932. The van der Waals surface area contributed by atoms with Gasteiger partial charge in [0, 0.05) is 20.8 Å². The minimum absolute atomic E-state index is 0.0872. The number of rotatable bonds is 8. The number of ether oxygens (including phenoxy) is 1. The van der Waals surface area contributed by atoms with E-state index in [0.29, 0.717) is 28.3 Å². The summed E-state index contributed by atoms with van der Waals surface area (Å²) in [5.74, 6) is 1.58. The van der Waals surface area contributed by atoms with Crippen LogP contribution in [0.15, 0.2) is 53.7 Å². The van der Waals surface area contributed by atoms with E-state index in [-0.39, 0.29) is 18.3 Å². The molecule has 28 heavy (non-hydrogen) atoms. The van der Waals surface area contributed by atoms with Crippen LogP contribution in [-0.2, 0) is 17.9 Å². The average molecular weight is 529 g/mol. The molecule has 9 heteroatoms. The van der Waals surface area contributed by atoms with Crippen LogP contribution in [0.25, 0.3) is 0 Å². The quantitative estimate of drug-likeness (QED) is 0.334. The Labute approximate surface area is 186 Å². The maximum absolute atomic E-state index is 12.2. The monoisotopic (exact) mass is 528 g/mol. The number of amides is 1. The van der Waals surface area contributed by atoms with Crippen LogP contribution >= 0.6 is 46.0 Å². The zero-order valence-corrected chi connectivity index (χ0v) is 18.8. The molecule has 146 valence electrons. The lowest BCUT2D eigenvalue weighted by molar-refractivity contribution is -0.113. The number of halogens is 2. The highest BCUT2D eigenvalue weighted by Crippen LogP contribution is 2.20. The Balaban J connectivity index is 1.56. The first-order chi connectivity index (χ1) is 13.5. The first-order valence-electron chi connectivity index (χ1n) is 8.54. The van der Waals surface area contributed by atoms with Gasteiger partial charge in [-0.2, -0.15) is 0 Å². The summed E-state index contributed by atoms with van der Waals surface area (Å²) in [4.78, 5) is 12.2. The number of benzene rings is 2. The standard InChI is InChI=1S/C19H18ClIN4O2S/c1-2-25-17(11-27-16-9-3-13(20)4-10-16)23-24-19(25)28-12-18(26)22-15-7-5-14(21)6-8-15/h3-10H,2,11-12H2,1H3,(H,22,26). The molecule has 0 saturated carbocycles. The van der Waals surface area contributed by atoms with E-state index in [9.17, 15) is 4.79 Å². The van der Waals surface area contributed by atoms with Crippen molar-refractivity contribution in [1.29, 1.82) is 0 Å². The Morgan fingerprint density at radius 1 is 1.18 bits per heavy atom. The van der Waals surface area contributed by atoms with E-state index < -0.39 is 0 Å². The highest BCUT2D eigenvalue weighted by atomic mass is 127. The Morgan fingerprint density at radius 2 is 1.89 bits per heavy atom. The van der Waals surface area contributed by atoms with Crippen molar-refractivity contribution >= 4 is 57.5 Å². The number of carbonyl (C=O) groups excluding carboxylic acids is 1. The Morgan fingerprint density at radius 3 is 2.57 bits per heavy atom. The van der Waals surface area contributed by atoms with Crippen molar-refractivity contribution in [1.82, 2.24) is 14.8 Å². The van der Waals surface area contributed by atoms with Crippen LogP contribution in [0, 0.1) is 3.57 Å². The molecule has 0 fully saturated rings. The topological polar surface area (TPSA) is 69.0 Å². The fourth-order valence-electron chi connectivity index (χ4n) is 2.39. The average Bonchev–Trinajstić information content (AvgIpc) is 3.09. The highest BCUT2D eigenvalue weighted by Gasteiger charge is 2.14. The van der Waals surface area contributed by atoms with E-state index in [1.54, 1.807) is 24.3 Å². The van der Waals surface area contributed by atoms with E-state index in [1.165, 1.54) is 11.8 Å². The van der Waals surface area contributed by atoms with Gasteiger partial charge in [-0.05, 0) is 78.0 Å². The third kappa shape index (κ3) is 5.86. The van der Waals surface area contributed by atoms with Crippen LogP contribution < -0.4 is 10.1 Å². The summed E-state index contributed by atoms with van der Waals surface area (Å²) in [6.45, 7) is 2.98. The molecule has 0 aliphatic rings. The molecule has 2 aromatic carbocycles. The second-order valence-electron chi connectivity index (χ2n) is 5.73. The van der Waals surface area contributed by atoms with E-state index >= 15 is 0 Å². The smallest absolute Gasteiger partial charge is 0.234 e. The minimum atomic E-state index is -0.0872. The molecule has 6 nitrogen and oxygen atoms in total. The molecule has 3 aromatic rings. The number of thioether (sulfide) groups is 1. The van der Waals surface area contributed by atoms with Crippen LogP contribution in [0.3, 0.4) is 0 Å². The lowest BCUT2D eigenvalue weighted by Gasteiger charge is -2.09. The number of hydrogen-bond acceptors (Lipinski definition) is 5. The van der Waals surface area contributed by atoms with Crippen LogP contribution in [0.5, 0.6) is 5.75 Å². The molecule has 1 amide bonds. The molecule has 1 heterocycles. The van der Waals surface area contributed by atoms with Gasteiger partial charge in [0.05, 0.1) is 5.75 Å². The summed E-state index contributed by atoms with van der Waals surface area (Å²) in [5, 5.41) is 12.6. The van der Waals surface area contributed by atoms with Crippen molar-refractivity contribution in [2.24, 2.45) is 0 Å². The number of hydrogen-bond donors (Lipinski definition) is 1. The van der Waals surface area contributed by atoms with E-state index in [1.807, 2.05) is 35.8 Å². The van der Waals surface area contributed by atoms with Gasteiger partial charge in [0.1, 0.15) is 12.4 Å². The molecule has 0 radical (unpaired) electrons. The molecule has 0 spiro atoms. The van der Waals surface area contributed by atoms with Crippen LogP contribution in [0.1, 0.15) is 12.7 Å². The molecule has 3 rings (SSSR count). The van der Waals surface area contributed by atoms with Crippen molar-refractivity contribution in [2.75, 3.05) is 11.1 Å². The maximum atomic E-state index is 12.2. The number of aromatic nitrogens is 3. The van der Waals surface area contributed by atoms with Gasteiger partial charge < -0.3 is 14.6 Å². The van der Waals surface area contributed by atoms with Gasteiger partial charge in [-0.15, -0.1) is 10.2 Å². The van der Waals surface area contributed by atoms with Gasteiger partial charge in [0.2, 0.25) is 5.91 Å². The van der Waals surface area contributed by atoms with Crippen LogP contribution in [-0.4, -0.2) is 26.4 Å². The van der Waals surface area contributed by atoms with Gasteiger partial charge in [-0.3, -0.25) is 4.79 Å². The summed E-state index contributed by atoms with van der Waals surface area (Å²) >= 11 is 9.46. The Hall–Kier alpha value is -1.78. The van der Waals surface area contributed by atoms with Crippen molar-refractivity contribution in [2.45, 2.75) is 25.2 Å². The number of nitrogens with zero attached hydrogens (tertiary/aromatic N) is 3. The zero-order chi connectivity index (χ0) is 19.9. The second-order valence-corrected chi connectivity index (χ2v) is 8.35. The van der Waals surface area contributed by atoms with Gasteiger partial charge in [-0.1, -0.05) is 23.4 Å². The fraction of sp³-hybridized carbons (Fsp3) is 0.211. The molecule has 0 bridgehead atoms. The zero-order valence-electron chi connectivity index (χ0n) is 15.1. The van der Waals surface area contributed by atoms with Crippen LogP contribution in [0.4, 0.5) is 5.69 Å². The normalized spacial score (nSPS) is 10.7. The predicted molar refractivity (Wildman–Crippen MR) is 120 cm³/mol. The summed E-state index contributed by atoms with van der Waals surface area (Å²) in [6.07, 6.45) is 0. The molecule has 0 atom stereocenters. The summed E-state index contributed by atoms with van der Waals surface area (Å²) < 4.78 is 8.81. The van der Waals surface area contributed by atoms with Gasteiger partial charge >= 0.3 is 0 Å². The van der Waals surface area contributed by atoms with Crippen molar-refractivity contribution in [3.63, 3.8) is 0 Å². The van der Waals surface area contributed by atoms with Crippen molar-refractivity contribution in [3.8, 4) is 5.75 Å². The predicted octanol–water partition coefficient (Wildman–Crippen LogP) is 4.87. The minimum Gasteiger partial charge on any atom is -0.486 e. The summed E-state index contributed by atoms with van der Waals surface area (Å²) in [7, 11) is 0. The SMILES string of the molecule is CCn1c(COc2ccc(Cl)cc2)nnc1SCC(=O)Nc1ccc(I)cc1. The first kappa shape index (κ1) is 20.9. The Kier molecular flexibility index (Phi) is 7.57. The molecular weight excluding hydrogens is 511 g/mol. The van der Waals surface area contributed by atoms with Gasteiger partial charge in [0.25, 0.3) is 0 Å². The van der Waals surface area contributed by atoms with E-state index in [2.05, 4.69) is 38.1 Å². The number of nitrogens with one attached hydrogen (secondary N) is 1. The summed E-state index contributed by atoms with van der Waals surface area (Å²) in [6, 6.07) is 14.8. The molecule has 1 N–H and O–H groups in total. The highest BCUT2D eigenvalue weighted by molar-refractivity contribution is 14.1. The van der Waals surface area contributed by atoms with Crippen molar-refractivity contribution < 1.29 is 9.53 Å². The lowest BCUT2D eigenvalue weighted by atomic mass is 10.3. The van der Waals surface area contributed by atoms with Crippen molar-refractivity contribution in [3.05, 3.63) is 62.9 Å². The molecule has 1 aromatic heterocycles.